The van der Waals surface area contributed by atoms with Gasteiger partial charge in [-0.1, -0.05) is 33.6 Å². The van der Waals surface area contributed by atoms with Gasteiger partial charge in [0.2, 0.25) is 0 Å². The van der Waals surface area contributed by atoms with Crippen LogP contribution >= 0.6 is 27.5 Å². The normalized spacial score (nSPS) is 11.6. The summed E-state index contributed by atoms with van der Waals surface area (Å²) >= 11 is 8.94. The van der Waals surface area contributed by atoms with Crippen LogP contribution in [-0.2, 0) is 0 Å². The topological polar surface area (TPSA) is 9.23 Å². The van der Waals surface area contributed by atoms with Crippen molar-refractivity contribution >= 4 is 27.5 Å². The molecular weight excluding hydrogens is 263 g/mol. The summed E-state index contributed by atoms with van der Waals surface area (Å²) in [6, 6.07) is 5.96. The molecule has 0 saturated carbocycles. The highest BCUT2D eigenvalue weighted by Gasteiger charge is 2.00. The fourth-order valence-corrected chi connectivity index (χ4v) is 1.36. The first kappa shape index (κ1) is 11.6. The van der Waals surface area contributed by atoms with Crippen LogP contribution in [0.4, 0.5) is 0 Å². The van der Waals surface area contributed by atoms with E-state index in [1.54, 1.807) is 0 Å². The standard InChI is InChI=1S/C11H12BrClO/c1-8(6-13)7-14-11-5-10(12)4-3-9(11)2/h3-6H,7H2,1-2H3/b8-6-. The minimum atomic E-state index is 0.529. The SMILES string of the molecule is C/C(=C/Cl)COc1cc(Br)ccc1C. The van der Waals surface area contributed by atoms with E-state index in [4.69, 9.17) is 16.3 Å². The lowest BCUT2D eigenvalue weighted by atomic mass is 10.2. The number of aryl methyl sites for hydroxylation is 1. The fourth-order valence-electron chi connectivity index (χ4n) is 0.953. The molecule has 0 aromatic heterocycles. The average Bonchev–Trinajstić information content (AvgIpc) is 2.19. The summed E-state index contributed by atoms with van der Waals surface area (Å²) in [5.74, 6) is 0.886. The van der Waals surface area contributed by atoms with Gasteiger partial charge in [0.15, 0.2) is 0 Å². The Morgan fingerprint density at radius 2 is 2.29 bits per heavy atom. The molecule has 0 fully saturated rings. The maximum Gasteiger partial charge on any atom is 0.123 e. The number of rotatable bonds is 3. The minimum absolute atomic E-state index is 0.529. The van der Waals surface area contributed by atoms with Crippen molar-refractivity contribution in [3.8, 4) is 5.75 Å². The van der Waals surface area contributed by atoms with Gasteiger partial charge in [0.25, 0.3) is 0 Å². The third-order valence-electron chi connectivity index (χ3n) is 1.79. The molecule has 14 heavy (non-hydrogen) atoms. The van der Waals surface area contributed by atoms with E-state index in [1.807, 2.05) is 32.0 Å². The minimum Gasteiger partial charge on any atom is -0.489 e. The van der Waals surface area contributed by atoms with E-state index in [0.717, 1.165) is 21.4 Å². The average molecular weight is 276 g/mol. The van der Waals surface area contributed by atoms with Gasteiger partial charge in [-0.3, -0.25) is 0 Å². The van der Waals surface area contributed by atoms with Crippen LogP contribution in [0, 0.1) is 6.92 Å². The lowest BCUT2D eigenvalue weighted by molar-refractivity contribution is 0.350. The van der Waals surface area contributed by atoms with Crippen molar-refractivity contribution in [1.29, 1.82) is 0 Å². The molecule has 0 bridgehead atoms. The third kappa shape index (κ3) is 3.35. The Hall–Kier alpha value is -0.470. The quantitative estimate of drug-likeness (QED) is 0.800. The van der Waals surface area contributed by atoms with Gasteiger partial charge in [-0.25, -0.2) is 0 Å². The number of benzene rings is 1. The maximum atomic E-state index is 5.59. The van der Waals surface area contributed by atoms with Gasteiger partial charge in [-0.05, 0) is 37.1 Å². The first-order chi connectivity index (χ1) is 6.63. The van der Waals surface area contributed by atoms with Crippen LogP contribution in [0.25, 0.3) is 0 Å². The fraction of sp³-hybridized carbons (Fsp3) is 0.273. The molecule has 0 radical (unpaired) electrons. The highest BCUT2D eigenvalue weighted by molar-refractivity contribution is 9.10. The zero-order chi connectivity index (χ0) is 10.6. The largest absolute Gasteiger partial charge is 0.489 e. The van der Waals surface area contributed by atoms with Gasteiger partial charge in [0.1, 0.15) is 12.4 Å². The molecule has 0 atom stereocenters. The van der Waals surface area contributed by atoms with E-state index in [9.17, 15) is 0 Å². The molecule has 0 amide bonds. The second kappa shape index (κ2) is 5.42. The van der Waals surface area contributed by atoms with Crippen molar-refractivity contribution in [2.24, 2.45) is 0 Å². The molecule has 3 heteroatoms. The number of hydrogen-bond donors (Lipinski definition) is 0. The van der Waals surface area contributed by atoms with E-state index in [0.29, 0.717) is 6.61 Å². The van der Waals surface area contributed by atoms with Crippen molar-refractivity contribution < 1.29 is 4.74 Å². The maximum absolute atomic E-state index is 5.59. The molecule has 0 saturated heterocycles. The Labute approximate surface area is 97.9 Å². The van der Waals surface area contributed by atoms with Crippen molar-refractivity contribution in [3.63, 3.8) is 0 Å². The monoisotopic (exact) mass is 274 g/mol. The first-order valence-electron chi connectivity index (χ1n) is 4.28. The smallest absolute Gasteiger partial charge is 0.123 e. The van der Waals surface area contributed by atoms with Crippen molar-refractivity contribution in [2.75, 3.05) is 6.61 Å². The summed E-state index contributed by atoms with van der Waals surface area (Å²) in [7, 11) is 0. The molecular formula is C11H12BrClO. The Morgan fingerprint density at radius 1 is 1.57 bits per heavy atom. The van der Waals surface area contributed by atoms with E-state index < -0.39 is 0 Å². The molecule has 0 N–H and O–H groups in total. The zero-order valence-corrected chi connectivity index (χ0v) is 10.5. The third-order valence-corrected chi connectivity index (χ3v) is 2.66. The highest BCUT2D eigenvalue weighted by Crippen LogP contribution is 2.23. The highest BCUT2D eigenvalue weighted by atomic mass is 79.9. The van der Waals surface area contributed by atoms with Crippen LogP contribution in [0.15, 0.2) is 33.8 Å². The number of halogens is 2. The molecule has 0 aliphatic rings. The molecule has 0 aliphatic heterocycles. The van der Waals surface area contributed by atoms with Crippen LogP contribution in [0.3, 0.4) is 0 Å². The number of hydrogen-bond acceptors (Lipinski definition) is 1. The Morgan fingerprint density at radius 3 is 2.93 bits per heavy atom. The zero-order valence-electron chi connectivity index (χ0n) is 8.18. The Kier molecular flexibility index (Phi) is 4.49. The molecule has 76 valence electrons. The second-order valence-corrected chi connectivity index (χ2v) is 4.29. The summed E-state index contributed by atoms with van der Waals surface area (Å²) in [6.07, 6.45) is 0. The summed E-state index contributed by atoms with van der Waals surface area (Å²) in [5, 5.41) is 0. The van der Waals surface area contributed by atoms with Crippen molar-refractivity contribution in [2.45, 2.75) is 13.8 Å². The molecule has 0 heterocycles. The van der Waals surface area contributed by atoms with Gasteiger partial charge in [-0.15, -0.1) is 0 Å². The van der Waals surface area contributed by atoms with Gasteiger partial charge < -0.3 is 4.74 Å². The predicted molar refractivity (Wildman–Crippen MR) is 64.0 cm³/mol. The van der Waals surface area contributed by atoms with Crippen molar-refractivity contribution in [3.05, 3.63) is 39.3 Å². The first-order valence-corrected chi connectivity index (χ1v) is 5.51. The summed E-state index contributed by atoms with van der Waals surface area (Å²) in [4.78, 5) is 0. The molecule has 0 spiro atoms. The van der Waals surface area contributed by atoms with Crippen molar-refractivity contribution in [1.82, 2.24) is 0 Å². The number of ether oxygens (including phenoxy) is 1. The Bertz CT molecular complexity index is 347. The molecule has 0 aliphatic carbocycles. The van der Waals surface area contributed by atoms with Crippen LogP contribution in [-0.4, -0.2) is 6.61 Å². The molecule has 1 aromatic carbocycles. The van der Waals surface area contributed by atoms with Gasteiger partial charge in [-0.2, -0.15) is 0 Å². The van der Waals surface area contributed by atoms with Crippen LogP contribution in [0.5, 0.6) is 5.75 Å². The van der Waals surface area contributed by atoms with E-state index in [-0.39, 0.29) is 0 Å². The van der Waals surface area contributed by atoms with E-state index in [1.165, 1.54) is 5.54 Å². The van der Waals surface area contributed by atoms with Crippen LogP contribution in [0.2, 0.25) is 0 Å². The Balaban J connectivity index is 2.71. The molecule has 1 nitrogen and oxygen atoms in total. The summed E-state index contributed by atoms with van der Waals surface area (Å²) < 4.78 is 6.61. The van der Waals surface area contributed by atoms with Gasteiger partial charge >= 0.3 is 0 Å². The molecule has 1 aromatic rings. The van der Waals surface area contributed by atoms with Gasteiger partial charge in [0, 0.05) is 10.0 Å². The van der Waals surface area contributed by atoms with E-state index in [2.05, 4.69) is 15.9 Å². The molecule has 0 unspecified atom stereocenters. The van der Waals surface area contributed by atoms with Gasteiger partial charge in [0.05, 0.1) is 0 Å². The summed E-state index contributed by atoms with van der Waals surface area (Å²) in [5.41, 5.74) is 3.66. The summed E-state index contributed by atoms with van der Waals surface area (Å²) in [6.45, 7) is 4.47. The molecule has 1 rings (SSSR count). The lowest BCUT2D eigenvalue weighted by Gasteiger charge is -2.09. The van der Waals surface area contributed by atoms with E-state index >= 15 is 0 Å². The predicted octanol–water partition coefficient (Wildman–Crippen LogP) is 4.28. The second-order valence-electron chi connectivity index (χ2n) is 3.15. The van der Waals surface area contributed by atoms with Crippen LogP contribution < -0.4 is 4.74 Å². The lowest BCUT2D eigenvalue weighted by Crippen LogP contribution is -1.99. The van der Waals surface area contributed by atoms with Crippen LogP contribution in [0.1, 0.15) is 12.5 Å².